The number of carbonyl (C=O) groups excluding carboxylic acids is 1. The number of fused-ring (bicyclic) bond motifs is 1. The van der Waals surface area contributed by atoms with E-state index in [-0.39, 0.29) is 11.9 Å². The van der Waals surface area contributed by atoms with Crippen LogP contribution in [0.5, 0.6) is 5.75 Å². The molecule has 0 aliphatic carbocycles. The second-order valence-corrected chi connectivity index (χ2v) is 7.94. The van der Waals surface area contributed by atoms with Gasteiger partial charge in [-0.05, 0) is 37.1 Å². The summed E-state index contributed by atoms with van der Waals surface area (Å²) in [5.74, 6) is 1.25. The van der Waals surface area contributed by atoms with E-state index >= 15 is 0 Å². The minimum atomic E-state index is -0.353. The summed E-state index contributed by atoms with van der Waals surface area (Å²) in [4.78, 5) is 32.5. The van der Waals surface area contributed by atoms with Crippen molar-refractivity contribution >= 4 is 16.9 Å². The summed E-state index contributed by atoms with van der Waals surface area (Å²) in [5.41, 5.74) is 5.47. The maximum absolute atomic E-state index is 13.7. The molecule has 160 valence electrons. The van der Waals surface area contributed by atoms with Gasteiger partial charge in [0.25, 0.3) is 5.91 Å². The van der Waals surface area contributed by atoms with Crippen LogP contribution in [0.3, 0.4) is 0 Å². The molecule has 7 heteroatoms. The van der Waals surface area contributed by atoms with Crippen molar-refractivity contribution in [2.45, 2.75) is 19.4 Å². The molecule has 1 fully saturated rings. The number of ether oxygens (including phenoxy) is 1. The standard InChI is InChI=1S/C25H23N5O2/c1-15-5-4-6-17(13-15)21-22(27-11-10-26-21)25(31)30-12-9-16(2)23(30)24-28-19-8-7-18(32-3)14-20(19)29-24/h4-8,10-11,13-14,23H,2,9,12H2,1,3H3,(H,28,29)/t23-/m0/s1. The van der Waals surface area contributed by atoms with Crippen molar-refractivity contribution in [2.24, 2.45) is 0 Å². The molecule has 3 heterocycles. The number of likely N-dealkylation sites (tertiary alicyclic amines) is 1. The van der Waals surface area contributed by atoms with Crippen LogP contribution in [-0.2, 0) is 0 Å². The van der Waals surface area contributed by atoms with Gasteiger partial charge in [-0.1, -0.05) is 30.3 Å². The highest BCUT2D eigenvalue weighted by atomic mass is 16.5. The van der Waals surface area contributed by atoms with Crippen LogP contribution in [0.25, 0.3) is 22.3 Å². The SMILES string of the molecule is C=C1CCN(C(=O)c2nccnc2-c2cccc(C)c2)[C@@H]1c1nc2ccc(OC)cc2[nH]1. The summed E-state index contributed by atoms with van der Waals surface area (Å²) >= 11 is 0. The molecule has 1 amide bonds. The minimum Gasteiger partial charge on any atom is -0.497 e. The third-order valence-corrected chi connectivity index (χ3v) is 5.79. The number of amides is 1. The zero-order valence-electron chi connectivity index (χ0n) is 18.0. The zero-order valence-corrected chi connectivity index (χ0v) is 18.0. The second kappa shape index (κ2) is 7.92. The first kappa shape index (κ1) is 19.9. The van der Waals surface area contributed by atoms with E-state index in [2.05, 4.69) is 21.5 Å². The minimum absolute atomic E-state index is 0.184. The van der Waals surface area contributed by atoms with Gasteiger partial charge < -0.3 is 14.6 Å². The van der Waals surface area contributed by atoms with Crippen molar-refractivity contribution in [2.75, 3.05) is 13.7 Å². The number of aryl methyl sites for hydroxylation is 1. The lowest BCUT2D eigenvalue weighted by Crippen LogP contribution is -2.32. The van der Waals surface area contributed by atoms with Crippen LogP contribution in [-0.4, -0.2) is 44.4 Å². The van der Waals surface area contributed by atoms with Gasteiger partial charge in [0.15, 0.2) is 5.69 Å². The quantitative estimate of drug-likeness (QED) is 0.488. The summed E-state index contributed by atoms with van der Waals surface area (Å²) in [6.07, 6.45) is 3.87. The molecule has 1 N–H and O–H groups in total. The number of H-pyrrole nitrogens is 1. The van der Waals surface area contributed by atoms with E-state index < -0.39 is 0 Å². The van der Waals surface area contributed by atoms with Crippen LogP contribution in [0.2, 0.25) is 0 Å². The monoisotopic (exact) mass is 425 g/mol. The van der Waals surface area contributed by atoms with Gasteiger partial charge in [-0.2, -0.15) is 0 Å². The molecule has 1 aliphatic rings. The third kappa shape index (κ3) is 3.41. The summed E-state index contributed by atoms with van der Waals surface area (Å²) in [6, 6.07) is 13.2. The van der Waals surface area contributed by atoms with Gasteiger partial charge in [0.1, 0.15) is 23.3 Å². The van der Waals surface area contributed by atoms with Crippen LogP contribution >= 0.6 is 0 Å². The first-order valence-electron chi connectivity index (χ1n) is 10.5. The number of carbonyl (C=O) groups is 1. The van der Waals surface area contributed by atoms with Crippen molar-refractivity contribution in [3.8, 4) is 17.0 Å². The molecular formula is C25H23N5O2. The van der Waals surface area contributed by atoms with Crippen LogP contribution in [0.1, 0.15) is 34.3 Å². The number of nitrogens with zero attached hydrogens (tertiary/aromatic N) is 4. The lowest BCUT2D eigenvalue weighted by Gasteiger charge is -2.24. The molecule has 0 saturated carbocycles. The Morgan fingerprint density at radius 2 is 2.03 bits per heavy atom. The maximum Gasteiger partial charge on any atom is 0.275 e. The predicted molar refractivity (Wildman–Crippen MR) is 122 cm³/mol. The average Bonchev–Trinajstić information content (AvgIpc) is 3.40. The molecule has 0 unspecified atom stereocenters. The zero-order chi connectivity index (χ0) is 22.2. The van der Waals surface area contributed by atoms with E-state index in [0.717, 1.165) is 33.5 Å². The number of aromatic amines is 1. The Labute approximate surface area is 185 Å². The normalized spacial score (nSPS) is 16.0. The van der Waals surface area contributed by atoms with Crippen molar-refractivity contribution in [3.05, 3.63) is 84.1 Å². The molecule has 0 spiro atoms. The third-order valence-electron chi connectivity index (χ3n) is 5.79. The van der Waals surface area contributed by atoms with Gasteiger partial charge in [0, 0.05) is 30.6 Å². The highest BCUT2D eigenvalue weighted by Crippen LogP contribution is 2.37. The fourth-order valence-electron chi connectivity index (χ4n) is 4.21. The van der Waals surface area contributed by atoms with Crippen molar-refractivity contribution in [1.29, 1.82) is 0 Å². The molecule has 32 heavy (non-hydrogen) atoms. The predicted octanol–water partition coefficient (Wildman–Crippen LogP) is 4.48. The summed E-state index contributed by atoms with van der Waals surface area (Å²) in [5, 5.41) is 0. The molecule has 1 saturated heterocycles. The highest BCUT2D eigenvalue weighted by molar-refractivity contribution is 5.98. The van der Waals surface area contributed by atoms with E-state index in [1.165, 1.54) is 0 Å². The number of imidazole rings is 1. The molecule has 0 bridgehead atoms. The molecule has 5 rings (SSSR count). The Hall–Kier alpha value is -4.00. The first-order valence-corrected chi connectivity index (χ1v) is 10.5. The average molecular weight is 425 g/mol. The molecule has 7 nitrogen and oxygen atoms in total. The van der Waals surface area contributed by atoms with Crippen LogP contribution in [0, 0.1) is 6.92 Å². The van der Waals surface area contributed by atoms with E-state index in [9.17, 15) is 4.79 Å². The fraction of sp³-hybridized carbons (Fsp3) is 0.200. The number of hydrogen-bond acceptors (Lipinski definition) is 5. The molecule has 1 atom stereocenters. The van der Waals surface area contributed by atoms with Crippen LogP contribution in [0.4, 0.5) is 0 Å². The lowest BCUT2D eigenvalue weighted by atomic mass is 10.1. The highest BCUT2D eigenvalue weighted by Gasteiger charge is 2.37. The largest absolute Gasteiger partial charge is 0.497 e. The topological polar surface area (TPSA) is 84.0 Å². The van der Waals surface area contributed by atoms with Crippen LogP contribution in [0.15, 0.2) is 67.0 Å². The maximum atomic E-state index is 13.7. The van der Waals surface area contributed by atoms with Crippen molar-refractivity contribution < 1.29 is 9.53 Å². The van der Waals surface area contributed by atoms with Crippen molar-refractivity contribution in [3.63, 3.8) is 0 Å². The number of rotatable bonds is 4. The summed E-state index contributed by atoms with van der Waals surface area (Å²) in [7, 11) is 1.63. The molecular weight excluding hydrogens is 402 g/mol. The van der Waals surface area contributed by atoms with E-state index in [1.54, 1.807) is 24.4 Å². The van der Waals surface area contributed by atoms with E-state index in [4.69, 9.17) is 9.72 Å². The number of benzene rings is 2. The lowest BCUT2D eigenvalue weighted by molar-refractivity contribution is 0.0736. The molecule has 0 radical (unpaired) electrons. The number of nitrogens with one attached hydrogen (secondary N) is 1. The summed E-state index contributed by atoms with van der Waals surface area (Å²) in [6.45, 7) is 6.78. The van der Waals surface area contributed by atoms with Gasteiger partial charge in [-0.15, -0.1) is 0 Å². The number of aromatic nitrogens is 4. The smallest absolute Gasteiger partial charge is 0.275 e. The van der Waals surface area contributed by atoms with Gasteiger partial charge >= 0.3 is 0 Å². The van der Waals surface area contributed by atoms with Gasteiger partial charge in [0.2, 0.25) is 0 Å². The molecule has 4 aromatic rings. The Morgan fingerprint density at radius 3 is 2.84 bits per heavy atom. The summed E-state index contributed by atoms with van der Waals surface area (Å²) < 4.78 is 5.31. The molecule has 2 aromatic heterocycles. The Kier molecular flexibility index (Phi) is 4.93. The second-order valence-electron chi connectivity index (χ2n) is 7.94. The molecule has 2 aromatic carbocycles. The Balaban J connectivity index is 1.54. The van der Waals surface area contributed by atoms with Crippen molar-refractivity contribution in [1.82, 2.24) is 24.8 Å². The van der Waals surface area contributed by atoms with E-state index in [1.807, 2.05) is 49.4 Å². The van der Waals surface area contributed by atoms with Gasteiger partial charge in [-0.3, -0.25) is 9.78 Å². The van der Waals surface area contributed by atoms with Crippen LogP contribution < -0.4 is 4.74 Å². The van der Waals surface area contributed by atoms with Gasteiger partial charge in [-0.25, -0.2) is 9.97 Å². The number of hydrogen-bond donors (Lipinski definition) is 1. The Morgan fingerprint density at radius 1 is 1.19 bits per heavy atom. The Bertz CT molecular complexity index is 1340. The van der Waals surface area contributed by atoms with E-state index in [0.29, 0.717) is 30.2 Å². The fourth-order valence-corrected chi connectivity index (χ4v) is 4.21. The van der Waals surface area contributed by atoms with Gasteiger partial charge in [0.05, 0.1) is 18.1 Å². The molecule has 1 aliphatic heterocycles. The first-order chi connectivity index (χ1) is 15.5. The number of methoxy groups -OCH3 is 1.